The van der Waals surface area contributed by atoms with E-state index < -0.39 is 0 Å². The van der Waals surface area contributed by atoms with Gasteiger partial charge >= 0.3 is 0 Å². The number of thiazole rings is 1. The lowest BCUT2D eigenvalue weighted by Gasteiger charge is -2.39. The van der Waals surface area contributed by atoms with E-state index in [1.165, 1.54) is 4.88 Å². The number of carbonyl (C=O) groups is 1. The molecule has 14 heteroatoms. The molecule has 2 saturated heterocycles. The number of hydrogen-bond donors (Lipinski definition) is 2. The molecule has 0 radical (unpaired) electrons. The van der Waals surface area contributed by atoms with Crippen LogP contribution < -0.4 is 10.2 Å². The predicted molar refractivity (Wildman–Crippen MR) is 230 cm³/mol. The second-order valence-electron chi connectivity index (χ2n) is 15.5. The minimum atomic E-state index is -0.359. The Labute approximate surface area is 351 Å². The van der Waals surface area contributed by atoms with E-state index in [9.17, 15) is 9.90 Å². The molecule has 1 amide bonds. The van der Waals surface area contributed by atoms with Crippen molar-refractivity contribution in [2.75, 3.05) is 24.5 Å². The zero-order valence-corrected chi connectivity index (χ0v) is 34.4. The van der Waals surface area contributed by atoms with E-state index in [-0.39, 0.29) is 29.4 Å². The minimum absolute atomic E-state index is 0.0165. The molecular weight excluding hydrogens is 778 g/mol. The molecule has 3 aromatic carbocycles. The van der Waals surface area contributed by atoms with Gasteiger partial charge in [-0.15, -0.1) is 21.5 Å². The highest BCUT2D eigenvalue weighted by molar-refractivity contribution is 7.13. The van der Waals surface area contributed by atoms with Crippen LogP contribution in [0.5, 0.6) is 5.75 Å². The lowest BCUT2D eigenvalue weighted by Crippen LogP contribution is -2.46. The molecule has 0 spiro atoms. The maximum Gasteiger partial charge on any atom is 0.243 e. The number of anilines is 1. The number of phenolic OH excluding ortho intramolecular Hbond substituents is 1. The van der Waals surface area contributed by atoms with Gasteiger partial charge in [-0.3, -0.25) is 4.79 Å². The van der Waals surface area contributed by atoms with Gasteiger partial charge in [-0.2, -0.15) is 0 Å². The lowest BCUT2D eigenvalue weighted by atomic mass is 9.90. The van der Waals surface area contributed by atoms with Crippen LogP contribution in [-0.4, -0.2) is 71.9 Å². The number of nitrogens with zero attached hydrogens (tertiary/aromatic N) is 8. The topological polar surface area (TPSA) is 146 Å². The number of carbonyl (C=O) groups excluding carboxylic acids is 1. The summed E-state index contributed by atoms with van der Waals surface area (Å²) < 4.78 is 20.5. The molecule has 0 saturated carbocycles. The number of rotatable bonds is 10. The quantitative estimate of drug-likeness (QED) is 0.129. The van der Waals surface area contributed by atoms with Gasteiger partial charge in [0, 0.05) is 79.5 Å². The van der Waals surface area contributed by atoms with E-state index in [1.807, 2.05) is 36.7 Å². The zero-order chi connectivity index (χ0) is 41.8. The summed E-state index contributed by atoms with van der Waals surface area (Å²) in [6.45, 7) is 8.96. The lowest BCUT2D eigenvalue weighted by molar-refractivity contribution is -0.124. The van der Waals surface area contributed by atoms with Crippen LogP contribution in [0.3, 0.4) is 0 Å². The van der Waals surface area contributed by atoms with Crippen molar-refractivity contribution in [3.8, 4) is 51.2 Å². The van der Waals surface area contributed by atoms with Crippen LogP contribution in [0, 0.1) is 31.1 Å². The Hall–Kier alpha value is -6.72. The molecule has 1 atom stereocenters. The number of aryl methyl sites for hydroxylation is 1. The number of amides is 1. The molecule has 6 heterocycles. The number of terminal acetylenes is 1. The molecule has 2 N–H and O–H groups in total. The third-order valence-corrected chi connectivity index (χ3v) is 11.7. The first kappa shape index (κ1) is 40.1. The van der Waals surface area contributed by atoms with Gasteiger partial charge in [0.2, 0.25) is 11.9 Å². The number of likely N-dealkylation sites (tertiary alicyclic amines) is 1. The Kier molecular flexibility index (Phi) is 11.8. The molecule has 60 heavy (non-hydrogen) atoms. The van der Waals surface area contributed by atoms with Crippen molar-refractivity contribution in [3.63, 3.8) is 0 Å². The van der Waals surface area contributed by atoms with Crippen molar-refractivity contribution < 1.29 is 18.8 Å². The van der Waals surface area contributed by atoms with Crippen LogP contribution >= 0.6 is 11.3 Å². The Balaban J connectivity index is 0.000000186. The van der Waals surface area contributed by atoms with Crippen molar-refractivity contribution in [1.29, 1.82) is 0 Å². The maximum absolute atomic E-state index is 15.1. The molecule has 7 aromatic rings. The van der Waals surface area contributed by atoms with E-state index in [4.69, 9.17) is 10.9 Å². The van der Waals surface area contributed by atoms with Gasteiger partial charge in [0.25, 0.3) is 0 Å². The van der Waals surface area contributed by atoms with Gasteiger partial charge in [-0.25, -0.2) is 19.3 Å². The summed E-state index contributed by atoms with van der Waals surface area (Å²) in [6, 6.07) is 24.4. The zero-order valence-electron chi connectivity index (χ0n) is 33.5. The third-order valence-electron chi connectivity index (χ3n) is 10.7. The van der Waals surface area contributed by atoms with Gasteiger partial charge in [0.1, 0.15) is 29.1 Å². The van der Waals surface area contributed by atoms with Crippen molar-refractivity contribution in [3.05, 3.63) is 119 Å². The number of phenols is 1. The predicted octanol–water partition coefficient (Wildman–Crippen LogP) is 8.18. The standard InChI is InChI=1S/C28H25FN6O2.C18H19N3OS/c1-16(2)7-20-10-24(34-37-20)18-12-30-28(31-13-18)35-14-19(15-35)17-8-23(29)22-11-26(33-32-25(22)9-17)21-5-3-4-6-27(21)36;1-3-21-10-4-5-16(21)18(22)19-11-14-6-8-15(9-7-14)17-13(2)20-12-23-17/h3-6,8-13,16,19,36H,7,14-15H2,1-2H3;1,6-9,12,16H,4-5,10-11H2,2H3,(H,19,22). The second-order valence-corrected chi connectivity index (χ2v) is 16.3. The summed E-state index contributed by atoms with van der Waals surface area (Å²) in [5.41, 5.74) is 8.96. The molecule has 12 nitrogen and oxygen atoms in total. The number of benzene rings is 3. The number of halogens is 1. The Bertz CT molecular complexity index is 2650. The van der Waals surface area contributed by atoms with E-state index in [1.54, 1.807) is 65.0 Å². The van der Waals surface area contributed by atoms with E-state index in [2.05, 4.69) is 72.5 Å². The van der Waals surface area contributed by atoms with Gasteiger partial charge in [-0.1, -0.05) is 61.8 Å². The summed E-state index contributed by atoms with van der Waals surface area (Å²) in [5.74, 6) is 1.83. The summed E-state index contributed by atoms with van der Waals surface area (Å²) in [7, 11) is 0. The first-order valence-electron chi connectivity index (χ1n) is 19.9. The van der Waals surface area contributed by atoms with Gasteiger partial charge in [0.15, 0.2) is 0 Å². The molecule has 2 aliphatic heterocycles. The van der Waals surface area contributed by atoms with E-state index in [0.29, 0.717) is 53.7 Å². The monoisotopic (exact) mass is 821 g/mol. The molecule has 0 bridgehead atoms. The summed E-state index contributed by atoms with van der Waals surface area (Å²) in [6.07, 6.45) is 11.6. The fourth-order valence-corrected chi connectivity index (χ4v) is 8.26. The molecule has 0 aliphatic carbocycles. The van der Waals surface area contributed by atoms with Crippen LogP contribution in [0.1, 0.15) is 55.2 Å². The maximum atomic E-state index is 15.1. The fraction of sp³-hybridized carbons (Fsp3) is 0.283. The van der Waals surface area contributed by atoms with Crippen molar-refractivity contribution in [2.24, 2.45) is 5.92 Å². The smallest absolute Gasteiger partial charge is 0.243 e. The van der Waals surface area contributed by atoms with Crippen molar-refractivity contribution in [2.45, 2.75) is 58.5 Å². The van der Waals surface area contributed by atoms with Crippen LogP contribution in [0.4, 0.5) is 10.3 Å². The van der Waals surface area contributed by atoms with Crippen LogP contribution in [-0.2, 0) is 17.8 Å². The van der Waals surface area contributed by atoms with Crippen LogP contribution in [0.2, 0.25) is 0 Å². The number of para-hydroxylation sites is 1. The first-order valence-corrected chi connectivity index (χ1v) is 20.8. The van der Waals surface area contributed by atoms with Crippen LogP contribution in [0.15, 0.2) is 95.2 Å². The van der Waals surface area contributed by atoms with Crippen molar-refractivity contribution >= 4 is 34.1 Å². The molecule has 2 fully saturated rings. The second kappa shape index (κ2) is 17.6. The number of nitrogens with one attached hydrogen (secondary N) is 1. The minimum Gasteiger partial charge on any atom is -0.507 e. The summed E-state index contributed by atoms with van der Waals surface area (Å²) in [4.78, 5) is 30.5. The number of hydrogen-bond acceptors (Lipinski definition) is 12. The number of aromatic hydroxyl groups is 1. The first-order chi connectivity index (χ1) is 29.1. The fourth-order valence-electron chi connectivity index (χ4n) is 7.45. The van der Waals surface area contributed by atoms with Gasteiger partial charge in [-0.05, 0) is 72.7 Å². The molecule has 1 unspecified atom stereocenters. The average molecular weight is 822 g/mol. The van der Waals surface area contributed by atoms with Gasteiger partial charge < -0.3 is 24.7 Å². The van der Waals surface area contributed by atoms with Crippen LogP contribution in [0.25, 0.3) is 43.9 Å². The van der Waals surface area contributed by atoms with Gasteiger partial charge in [0.05, 0.1) is 27.3 Å². The highest BCUT2D eigenvalue weighted by Crippen LogP contribution is 2.35. The largest absolute Gasteiger partial charge is 0.507 e. The number of aromatic nitrogens is 6. The molecule has 4 aromatic heterocycles. The Morgan fingerprint density at radius 2 is 1.80 bits per heavy atom. The average Bonchev–Trinajstić information content (AvgIpc) is 4.02. The molecule has 2 aliphatic rings. The summed E-state index contributed by atoms with van der Waals surface area (Å²) >= 11 is 1.64. The number of fused-ring (bicyclic) bond motifs is 1. The third kappa shape index (κ3) is 8.81. The molecule has 9 rings (SSSR count). The molecular formula is C46H44FN9O3S. The highest BCUT2D eigenvalue weighted by atomic mass is 32.1. The molecule has 304 valence electrons. The Morgan fingerprint density at radius 3 is 2.52 bits per heavy atom. The SMILES string of the molecule is C#CN1CCCC1C(=O)NCc1ccc(-c2scnc2C)cc1.CC(C)Cc1cc(-c2cnc(N3CC(c4cc(F)c5cc(-c6ccccc6O)nnc5c4)C3)nc2)no1. The normalized spacial score (nSPS) is 15.1. The Morgan fingerprint density at radius 1 is 1.02 bits per heavy atom. The van der Waals surface area contributed by atoms with E-state index in [0.717, 1.165) is 65.2 Å². The summed E-state index contributed by atoms with van der Waals surface area (Å²) in [5, 5.41) is 26.0. The van der Waals surface area contributed by atoms with E-state index >= 15 is 4.39 Å². The highest BCUT2D eigenvalue weighted by Gasteiger charge is 2.31. The van der Waals surface area contributed by atoms with Crippen molar-refractivity contribution in [1.82, 2.24) is 40.5 Å².